The second kappa shape index (κ2) is 9.73. The maximum atomic E-state index is 12.8. The molecule has 1 saturated carbocycles. The molecule has 0 radical (unpaired) electrons. The summed E-state index contributed by atoms with van der Waals surface area (Å²) >= 11 is 0. The van der Waals surface area contributed by atoms with E-state index in [0.717, 1.165) is 61.3 Å². The fourth-order valence-electron chi connectivity index (χ4n) is 4.97. The Hall–Kier alpha value is -3.22. The van der Waals surface area contributed by atoms with Gasteiger partial charge >= 0.3 is 0 Å². The van der Waals surface area contributed by atoms with E-state index < -0.39 is 0 Å². The summed E-state index contributed by atoms with van der Waals surface area (Å²) in [5, 5.41) is 7.49. The number of aryl methyl sites for hydroxylation is 1. The van der Waals surface area contributed by atoms with E-state index >= 15 is 0 Å². The molecular formula is C26H31N5O2. The molecular weight excluding hydrogens is 414 g/mol. The second-order valence-corrected chi connectivity index (χ2v) is 9.27. The molecule has 2 aromatic heterocycles. The third-order valence-electron chi connectivity index (χ3n) is 6.84. The summed E-state index contributed by atoms with van der Waals surface area (Å²) in [5.41, 5.74) is 2.91. The normalized spacial score (nSPS) is 17.8. The van der Waals surface area contributed by atoms with Gasteiger partial charge in [-0.1, -0.05) is 48.2 Å². The number of hydrogen-bond donors (Lipinski definition) is 1. The number of nitrogens with one attached hydrogen (secondary N) is 1. The summed E-state index contributed by atoms with van der Waals surface area (Å²) in [4.78, 5) is 24.3. The summed E-state index contributed by atoms with van der Waals surface area (Å²) < 4.78 is 5.63. The molecule has 33 heavy (non-hydrogen) atoms. The molecule has 0 spiro atoms. The van der Waals surface area contributed by atoms with E-state index in [1.165, 1.54) is 19.3 Å². The number of hydrogen-bond acceptors (Lipinski definition) is 6. The topological polar surface area (TPSA) is 84.2 Å². The van der Waals surface area contributed by atoms with E-state index in [-0.39, 0.29) is 11.8 Å². The number of carbonyl (C=O) groups excluding carboxylic acids is 1. The summed E-state index contributed by atoms with van der Waals surface area (Å²) in [5.74, 6) is 2.17. The number of aromatic nitrogens is 3. The third kappa shape index (κ3) is 4.92. The molecule has 0 unspecified atom stereocenters. The van der Waals surface area contributed by atoms with E-state index in [1.807, 2.05) is 43.3 Å². The molecule has 0 bridgehead atoms. The summed E-state index contributed by atoms with van der Waals surface area (Å²) in [7, 11) is 0. The second-order valence-electron chi connectivity index (χ2n) is 9.27. The minimum Gasteiger partial charge on any atom is -0.356 e. The van der Waals surface area contributed by atoms with Crippen LogP contribution in [-0.4, -0.2) is 40.2 Å². The van der Waals surface area contributed by atoms with Gasteiger partial charge in [0.25, 0.3) is 5.89 Å². The first-order valence-corrected chi connectivity index (χ1v) is 12.1. The highest BCUT2D eigenvalue weighted by Crippen LogP contribution is 2.32. The predicted molar refractivity (Wildman–Crippen MR) is 128 cm³/mol. The van der Waals surface area contributed by atoms with Crippen LogP contribution in [0.5, 0.6) is 0 Å². The van der Waals surface area contributed by atoms with Crippen LogP contribution in [0.3, 0.4) is 0 Å². The number of piperidine rings is 1. The average Bonchev–Trinajstić information content (AvgIpc) is 3.35. The summed E-state index contributed by atoms with van der Waals surface area (Å²) in [6.07, 6.45) is 9.44. The van der Waals surface area contributed by atoms with Crippen molar-refractivity contribution in [2.75, 3.05) is 18.0 Å². The smallest absolute Gasteiger partial charge is 0.261 e. The first-order valence-electron chi connectivity index (χ1n) is 12.1. The van der Waals surface area contributed by atoms with Crippen LogP contribution in [0.4, 0.5) is 5.82 Å². The molecule has 1 aliphatic heterocycles. The summed E-state index contributed by atoms with van der Waals surface area (Å²) in [6.45, 7) is 3.61. The minimum absolute atomic E-state index is 0.0756. The molecule has 2 fully saturated rings. The number of carbonyl (C=O) groups is 1. The van der Waals surface area contributed by atoms with Gasteiger partial charge in [-0.3, -0.25) is 4.79 Å². The van der Waals surface area contributed by atoms with E-state index in [1.54, 1.807) is 6.20 Å². The van der Waals surface area contributed by atoms with E-state index in [4.69, 9.17) is 4.52 Å². The van der Waals surface area contributed by atoms with E-state index in [9.17, 15) is 4.79 Å². The van der Waals surface area contributed by atoms with Gasteiger partial charge in [-0.25, -0.2) is 4.98 Å². The highest BCUT2D eigenvalue weighted by molar-refractivity contribution is 5.79. The Morgan fingerprint density at radius 2 is 1.88 bits per heavy atom. The average molecular weight is 446 g/mol. The highest BCUT2D eigenvalue weighted by atomic mass is 16.5. The highest BCUT2D eigenvalue weighted by Gasteiger charge is 2.29. The van der Waals surface area contributed by atoms with Gasteiger partial charge in [-0.05, 0) is 50.8 Å². The maximum Gasteiger partial charge on any atom is 0.261 e. The van der Waals surface area contributed by atoms with Crippen LogP contribution in [-0.2, 0) is 4.79 Å². The number of pyridine rings is 1. The molecule has 1 saturated heterocycles. The van der Waals surface area contributed by atoms with Crippen molar-refractivity contribution >= 4 is 11.7 Å². The zero-order valence-corrected chi connectivity index (χ0v) is 19.2. The molecule has 1 N–H and O–H groups in total. The predicted octanol–water partition coefficient (Wildman–Crippen LogP) is 4.77. The van der Waals surface area contributed by atoms with Crippen molar-refractivity contribution in [3.63, 3.8) is 0 Å². The maximum absolute atomic E-state index is 12.8. The van der Waals surface area contributed by atoms with Crippen LogP contribution in [0.2, 0.25) is 0 Å². The van der Waals surface area contributed by atoms with Crippen LogP contribution < -0.4 is 10.2 Å². The van der Waals surface area contributed by atoms with Crippen molar-refractivity contribution in [3.8, 4) is 22.8 Å². The molecule has 2 aliphatic rings. The van der Waals surface area contributed by atoms with Gasteiger partial charge in [0.05, 0.1) is 5.56 Å². The number of benzene rings is 1. The SMILES string of the molecule is Cc1cccc(-c2noc(-c3cccnc3N3CCC(C(=O)NC4CCCCC4)CC3)n2)c1. The molecule has 1 aliphatic carbocycles. The van der Waals surface area contributed by atoms with Crippen LogP contribution in [0.25, 0.3) is 22.8 Å². The van der Waals surface area contributed by atoms with E-state index in [0.29, 0.717) is 17.8 Å². The fraction of sp³-hybridized carbons (Fsp3) is 0.462. The Morgan fingerprint density at radius 3 is 2.67 bits per heavy atom. The van der Waals surface area contributed by atoms with Gasteiger partial charge in [0.2, 0.25) is 11.7 Å². The van der Waals surface area contributed by atoms with Crippen LogP contribution in [0, 0.1) is 12.8 Å². The first-order chi connectivity index (χ1) is 16.2. The van der Waals surface area contributed by atoms with Crippen LogP contribution in [0.15, 0.2) is 47.1 Å². The van der Waals surface area contributed by atoms with Crippen molar-refractivity contribution < 1.29 is 9.32 Å². The molecule has 172 valence electrons. The Labute approximate surface area is 194 Å². The standard InChI is InChI=1S/C26H31N5O2/c1-18-7-5-8-20(17-18)23-29-26(33-30-23)22-11-6-14-27-24(22)31-15-12-19(13-16-31)25(32)28-21-9-3-2-4-10-21/h5-8,11,14,17,19,21H,2-4,9-10,12-13,15-16H2,1H3,(H,28,32). The van der Waals surface area contributed by atoms with Crippen molar-refractivity contribution in [1.29, 1.82) is 0 Å². The molecule has 7 nitrogen and oxygen atoms in total. The van der Waals surface area contributed by atoms with Gasteiger partial charge in [-0.2, -0.15) is 4.98 Å². The number of anilines is 1. The van der Waals surface area contributed by atoms with Gasteiger partial charge in [0.1, 0.15) is 5.82 Å². The molecule has 3 heterocycles. The number of rotatable bonds is 5. The fourth-order valence-corrected chi connectivity index (χ4v) is 4.97. The van der Waals surface area contributed by atoms with Gasteiger partial charge < -0.3 is 14.7 Å². The van der Waals surface area contributed by atoms with Crippen molar-refractivity contribution in [1.82, 2.24) is 20.4 Å². The van der Waals surface area contributed by atoms with Crippen molar-refractivity contribution in [2.24, 2.45) is 5.92 Å². The lowest BCUT2D eigenvalue weighted by molar-refractivity contribution is -0.126. The molecule has 0 atom stereocenters. The number of amides is 1. The van der Waals surface area contributed by atoms with E-state index in [2.05, 4.69) is 25.3 Å². The first kappa shape index (κ1) is 21.6. The van der Waals surface area contributed by atoms with Gasteiger partial charge in [-0.15, -0.1) is 0 Å². The zero-order chi connectivity index (χ0) is 22.6. The quantitative estimate of drug-likeness (QED) is 0.609. The Bertz CT molecular complexity index is 1100. The van der Waals surface area contributed by atoms with Gasteiger partial charge in [0.15, 0.2) is 0 Å². The molecule has 1 amide bonds. The largest absolute Gasteiger partial charge is 0.356 e. The molecule has 5 rings (SSSR count). The van der Waals surface area contributed by atoms with Crippen LogP contribution in [0.1, 0.15) is 50.5 Å². The van der Waals surface area contributed by atoms with Gasteiger partial charge in [0, 0.05) is 36.8 Å². The zero-order valence-electron chi connectivity index (χ0n) is 19.2. The minimum atomic E-state index is 0.0756. The molecule has 7 heteroatoms. The lowest BCUT2D eigenvalue weighted by Gasteiger charge is -2.34. The van der Waals surface area contributed by atoms with Crippen LogP contribution >= 0.6 is 0 Å². The Kier molecular flexibility index (Phi) is 6.37. The van der Waals surface area contributed by atoms with Crippen molar-refractivity contribution in [3.05, 3.63) is 48.2 Å². The Balaban J connectivity index is 1.27. The summed E-state index contributed by atoms with van der Waals surface area (Å²) in [6, 6.07) is 12.3. The molecule has 1 aromatic carbocycles. The lowest BCUT2D eigenvalue weighted by atomic mass is 9.92. The third-order valence-corrected chi connectivity index (χ3v) is 6.84. The lowest BCUT2D eigenvalue weighted by Crippen LogP contribution is -2.44. The number of nitrogens with zero attached hydrogens (tertiary/aromatic N) is 4. The van der Waals surface area contributed by atoms with Crippen molar-refractivity contribution in [2.45, 2.75) is 57.9 Å². The Morgan fingerprint density at radius 1 is 1.06 bits per heavy atom. The monoisotopic (exact) mass is 445 g/mol. The molecule has 3 aromatic rings.